The summed E-state index contributed by atoms with van der Waals surface area (Å²) in [5.41, 5.74) is 0. The zero-order valence-electron chi connectivity index (χ0n) is 6.96. The van der Waals surface area contributed by atoms with E-state index in [0.29, 0.717) is 17.6 Å². The molecular weight excluding hydrogens is 176 g/mol. The van der Waals surface area contributed by atoms with Crippen molar-refractivity contribution in [2.45, 2.75) is 20.0 Å². The molecule has 0 saturated carbocycles. The first-order valence-corrected chi connectivity index (χ1v) is 4.26. The Morgan fingerprint density at radius 2 is 2.42 bits per heavy atom. The zero-order valence-corrected chi connectivity index (χ0v) is 7.71. The van der Waals surface area contributed by atoms with Crippen molar-refractivity contribution in [3.05, 3.63) is 23.2 Å². The van der Waals surface area contributed by atoms with Gasteiger partial charge >= 0.3 is 0 Å². The molecule has 0 amide bonds. The van der Waals surface area contributed by atoms with Gasteiger partial charge in [0.15, 0.2) is 5.82 Å². The van der Waals surface area contributed by atoms with Crippen LogP contribution in [-0.4, -0.2) is 16.6 Å². The predicted molar refractivity (Wildman–Crippen MR) is 47.0 cm³/mol. The fourth-order valence-corrected chi connectivity index (χ4v) is 0.905. The van der Waals surface area contributed by atoms with Crippen molar-refractivity contribution in [2.24, 2.45) is 0 Å². The van der Waals surface area contributed by atoms with Gasteiger partial charge in [-0.15, -0.1) is 0 Å². The second kappa shape index (κ2) is 5.06. The molecule has 0 radical (unpaired) electrons. The molecule has 0 fully saturated rings. The zero-order chi connectivity index (χ0) is 8.81. The highest BCUT2D eigenvalue weighted by atomic mass is 35.5. The van der Waals surface area contributed by atoms with Crippen molar-refractivity contribution in [3.63, 3.8) is 0 Å². The average molecular weight is 187 g/mol. The lowest BCUT2D eigenvalue weighted by atomic mass is 10.5. The number of hydrogen-bond donors (Lipinski definition) is 0. The SMILES string of the molecule is CCCOCc1nccc(Cl)n1. The summed E-state index contributed by atoms with van der Waals surface area (Å²) in [4.78, 5) is 7.97. The van der Waals surface area contributed by atoms with E-state index < -0.39 is 0 Å². The van der Waals surface area contributed by atoms with E-state index in [-0.39, 0.29) is 0 Å². The van der Waals surface area contributed by atoms with Gasteiger partial charge in [0, 0.05) is 12.8 Å². The lowest BCUT2D eigenvalue weighted by molar-refractivity contribution is 0.116. The highest BCUT2D eigenvalue weighted by molar-refractivity contribution is 6.29. The normalized spacial score (nSPS) is 10.2. The fourth-order valence-electron chi connectivity index (χ4n) is 0.752. The van der Waals surface area contributed by atoms with Crippen molar-refractivity contribution in [1.82, 2.24) is 9.97 Å². The quantitative estimate of drug-likeness (QED) is 0.533. The molecule has 0 aliphatic heterocycles. The molecule has 1 heterocycles. The molecule has 66 valence electrons. The fraction of sp³-hybridized carbons (Fsp3) is 0.500. The summed E-state index contributed by atoms with van der Waals surface area (Å²) in [7, 11) is 0. The maximum Gasteiger partial charge on any atom is 0.155 e. The van der Waals surface area contributed by atoms with Crippen LogP contribution in [0.3, 0.4) is 0 Å². The molecule has 0 atom stereocenters. The summed E-state index contributed by atoms with van der Waals surface area (Å²) in [5.74, 6) is 0.635. The van der Waals surface area contributed by atoms with Gasteiger partial charge in [-0.1, -0.05) is 18.5 Å². The molecule has 12 heavy (non-hydrogen) atoms. The highest BCUT2D eigenvalue weighted by Crippen LogP contribution is 2.02. The van der Waals surface area contributed by atoms with Crippen LogP contribution in [0.15, 0.2) is 12.3 Å². The summed E-state index contributed by atoms with van der Waals surface area (Å²) >= 11 is 5.65. The molecule has 1 rings (SSSR count). The third kappa shape index (κ3) is 3.15. The minimum Gasteiger partial charge on any atom is -0.373 e. The van der Waals surface area contributed by atoms with E-state index in [4.69, 9.17) is 16.3 Å². The Hall–Kier alpha value is -0.670. The average Bonchev–Trinajstić information content (AvgIpc) is 2.05. The largest absolute Gasteiger partial charge is 0.373 e. The molecule has 0 saturated heterocycles. The highest BCUT2D eigenvalue weighted by Gasteiger charge is 1.96. The van der Waals surface area contributed by atoms with E-state index in [0.717, 1.165) is 13.0 Å². The minimum atomic E-state index is 0.439. The third-order valence-electron chi connectivity index (χ3n) is 1.25. The first kappa shape index (κ1) is 9.42. The maximum atomic E-state index is 5.65. The molecule has 4 heteroatoms. The van der Waals surface area contributed by atoms with Crippen LogP contribution in [0.5, 0.6) is 0 Å². The van der Waals surface area contributed by atoms with Crippen molar-refractivity contribution in [2.75, 3.05) is 6.61 Å². The van der Waals surface area contributed by atoms with Crippen LogP contribution < -0.4 is 0 Å². The molecule has 0 aliphatic rings. The van der Waals surface area contributed by atoms with Gasteiger partial charge in [-0.05, 0) is 12.5 Å². The first-order valence-electron chi connectivity index (χ1n) is 3.88. The number of hydrogen-bond acceptors (Lipinski definition) is 3. The van der Waals surface area contributed by atoms with Gasteiger partial charge < -0.3 is 4.74 Å². The van der Waals surface area contributed by atoms with Gasteiger partial charge in [0.2, 0.25) is 0 Å². The van der Waals surface area contributed by atoms with Gasteiger partial charge in [0.05, 0.1) is 0 Å². The van der Waals surface area contributed by atoms with Crippen molar-refractivity contribution < 1.29 is 4.74 Å². The predicted octanol–water partition coefficient (Wildman–Crippen LogP) is 2.06. The van der Waals surface area contributed by atoms with Gasteiger partial charge in [0.1, 0.15) is 11.8 Å². The van der Waals surface area contributed by atoms with E-state index in [1.165, 1.54) is 0 Å². The van der Waals surface area contributed by atoms with Gasteiger partial charge in [-0.25, -0.2) is 9.97 Å². The van der Waals surface area contributed by atoms with E-state index >= 15 is 0 Å². The summed E-state index contributed by atoms with van der Waals surface area (Å²) in [6.07, 6.45) is 2.63. The van der Waals surface area contributed by atoms with Gasteiger partial charge in [-0.3, -0.25) is 0 Å². The topological polar surface area (TPSA) is 35.0 Å². The smallest absolute Gasteiger partial charge is 0.155 e. The molecule has 0 N–H and O–H groups in total. The van der Waals surface area contributed by atoms with Crippen LogP contribution in [-0.2, 0) is 11.3 Å². The Balaban J connectivity index is 2.41. The van der Waals surface area contributed by atoms with Crippen LogP contribution in [0, 0.1) is 0 Å². The van der Waals surface area contributed by atoms with Crippen LogP contribution in [0.1, 0.15) is 19.2 Å². The third-order valence-corrected chi connectivity index (χ3v) is 1.46. The molecular formula is C8H11ClN2O. The molecule has 3 nitrogen and oxygen atoms in total. The molecule has 0 aliphatic carbocycles. The summed E-state index contributed by atoms with van der Waals surface area (Å²) < 4.78 is 5.24. The Kier molecular flexibility index (Phi) is 3.97. The van der Waals surface area contributed by atoms with Crippen LogP contribution >= 0.6 is 11.6 Å². The molecule has 0 bridgehead atoms. The lowest BCUT2D eigenvalue weighted by Gasteiger charge is -2.00. The van der Waals surface area contributed by atoms with Crippen molar-refractivity contribution >= 4 is 11.6 Å². The molecule has 0 unspecified atom stereocenters. The van der Waals surface area contributed by atoms with Crippen molar-refractivity contribution in [3.8, 4) is 0 Å². The van der Waals surface area contributed by atoms with E-state index in [2.05, 4.69) is 16.9 Å². The maximum absolute atomic E-state index is 5.65. The van der Waals surface area contributed by atoms with E-state index in [1.54, 1.807) is 12.3 Å². The monoisotopic (exact) mass is 186 g/mol. The molecule has 0 aromatic carbocycles. The first-order chi connectivity index (χ1) is 5.83. The summed E-state index contributed by atoms with van der Waals surface area (Å²) in [5, 5.41) is 0.458. The Morgan fingerprint density at radius 3 is 3.08 bits per heavy atom. The van der Waals surface area contributed by atoms with Crippen LogP contribution in [0.25, 0.3) is 0 Å². The Labute approximate surface area is 76.7 Å². The standard InChI is InChI=1S/C8H11ClN2O/c1-2-5-12-6-8-10-4-3-7(9)11-8/h3-4H,2,5-6H2,1H3. The van der Waals surface area contributed by atoms with E-state index in [9.17, 15) is 0 Å². The summed E-state index contributed by atoms with van der Waals surface area (Å²) in [6.45, 7) is 3.23. The van der Waals surface area contributed by atoms with Crippen LogP contribution in [0.4, 0.5) is 0 Å². The Bertz CT molecular complexity index is 242. The second-order valence-corrected chi connectivity index (χ2v) is 2.74. The summed E-state index contributed by atoms with van der Waals surface area (Å²) in [6, 6.07) is 1.64. The number of nitrogens with zero attached hydrogens (tertiary/aromatic N) is 2. The molecule has 1 aromatic rings. The Morgan fingerprint density at radius 1 is 1.58 bits per heavy atom. The second-order valence-electron chi connectivity index (χ2n) is 2.35. The lowest BCUT2D eigenvalue weighted by Crippen LogP contribution is -1.99. The number of rotatable bonds is 4. The van der Waals surface area contributed by atoms with Crippen molar-refractivity contribution in [1.29, 1.82) is 0 Å². The van der Waals surface area contributed by atoms with Crippen LogP contribution in [0.2, 0.25) is 5.15 Å². The molecule has 1 aromatic heterocycles. The van der Waals surface area contributed by atoms with E-state index in [1.807, 2.05) is 0 Å². The van der Waals surface area contributed by atoms with Gasteiger partial charge in [-0.2, -0.15) is 0 Å². The minimum absolute atomic E-state index is 0.439. The number of aromatic nitrogens is 2. The molecule has 0 spiro atoms. The number of ether oxygens (including phenoxy) is 1. The van der Waals surface area contributed by atoms with Gasteiger partial charge in [0.25, 0.3) is 0 Å². The number of halogens is 1.